The molecular formula is C14H9ClF3N5O5S2. The first-order valence-electron chi connectivity index (χ1n) is 7.32. The summed E-state index contributed by atoms with van der Waals surface area (Å²) in [7, 11) is -9.10. The van der Waals surface area contributed by atoms with E-state index in [-0.39, 0.29) is 12.8 Å². The Morgan fingerprint density at radius 2 is 1.57 bits per heavy atom. The number of hydrogen-bond donors (Lipinski definition) is 0. The zero-order valence-corrected chi connectivity index (χ0v) is 17.2. The predicted octanol–water partition coefficient (Wildman–Crippen LogP) is 1.30. The third-order valence-corrected chi connectivity index (χ3v) is 7.08. The van der Waals surface area contributed by atoms with Crippen molar-refractivity contribution in [1.29, 1.82) is 10.5 Å². The van der Waals surface area contributed by atoms with Crippen LogP contribution in [0.2, 0.25) is 5.02 Å². The summed E-state index contributed by atoms with van der Waals surface area (Å²) in [6.45, 7) is -3.57. The largest absolute Gasteiger partial charge is 0.339 e. The first kappa shape index (κ1) is 23.3. The maximum atomic E-state index is 14.6. The number of halogens is 4. The van der Waals surface area contributed by atoms with Gasteiger partial charge in [-0.25, -0.2) is 35.2 Å². The fourth-order valence-corrected chi connectivity index (χ4v) is 5.89. The third kappa shape index (κ3) is 3.87. The minimum absolute atomic E-state index is 0.0859. The topological polar surface area (TPSA) is 146 Å². The van der Waals surface area contributed by atoms with Gasteiger partial charge in [0, 0.05) is 0 Å². The monoisotopic (exact) mass is 483 g/mol. The van der Waals surface area contributed by atoms with Gasteiger partial charge in [0.1, 0.15) is 18.0 Å². The van der Waals surface area contributed by atoms with Gasteiger partial charge in [-0.15, -0.1) is 0 Å². The van der Waals surface area contributed by atoms with Crippen LogP contribution in [0.15, 0.2) is 16.9 Å². The van der Waals surface area contributed by atoms with Crippen LogP contribution in [0, 0.1) is 28.5 Å². The molecule has 16 heteroatoms. The average Bonchev–Trinajstić information content (AvgIpc) is 2.86. The van der Waals surface area contributed by atoms with E-state index in [4.69, 9.17) is 16.9 Å². The van der Waals surface area contributed by atoms with Gasteiger partial charge in [-0.1, -0.05) is 11.6 Å². The highest BCUT2D eigenvalue weighted by Crippen LogP contribution is 2.34. The normalized spacial score (nSPS) is 11.9. The van der Waals surface area contributed by atoms with Crippen LogP contribution in [0.5, 0.6) is 0 Å². The molecule has 0 radical (unpaired) electrons. The van der Waals surface area contributed by atoms with Gasteiger partial charge in [-0.3, -0.25) is 0 Å². The van der Waals surface area contributed by atoms with Crippen LogP contribution in [0.3, 0.4) is 0 Å². The number of nitriles is 2. The second-order valence-electron chi connectivity index (χ2n) is 5.66. The number of imidazole rings is 1. The average molecular weight is 484 g/mol. The van der Waals surface area contributed by atoms with Crippen molar-refractivity contribution < 1.29 is 30.0 Å². The Labute approximate surface area is 172 Å². The summed E-state index contributed by atoms with van der Waals surface area (Å²) < 4.78 is 88.4. The molecule has 0 N–H and O–H groups in total. The fraction of sp³-hybridized carbons (Fsp3) is 0.214. The Bertz CT molecular complexity index is 1370. The van der Waals surface area contributed by atoms with Crippen LogP contribution in [-0.4, -0.2) is 38.5 Å². The van der Waals surface area contributed by atoms with Gasteiger partial charge in [0.15, 0.2) is 11.4 Å². The van der Waals surface area contributed by atoms with Gasteiger partial charge in [0.05, 0.1) is 28.9 Å². The molecule has 160 valence electrons. The molecule has 0 aliphatic heterocycles. The number of anilines is 1. The van der Waals surface area contributed by atoms with Gasteiger partial charge in [-0.05, 0) is 12.1 Å². The molecule has 0 bridgehead atoms. The molecule has 0 amide bonds. The molecule has 30 heavy (non-hydrogen) atoms. The zero-order chi connectivity index (χ0) is 23.2. The first-order valence-corrected chi connectivity index (χ1v) is 11.4. The first-order chi connectivity index (χ1) is 13.7. The van der Waals surface area contributed by atoms with E-state index in [1.54, 1.807) is 0 Å². The molecule has 0 saturated heterocycles. The summed E-state index contributed by atoms with van der Waals surface area (Å²) >= 11 is 5.78. The zero-order valence-electron chi connectivity index (χ0n) is 14.8. The van der Waals surface area contributed by atoms with Crippen molar-refractivity contribution in [3.8, 4) is 17.8 Å². The Kier molecular flexibility index (Phi) is 5.95. The van der Waals surface area contributed by atoms with Crippen molar-refractivity contribution >= 4 is 37.3 Å². The van der Waals surface area contributed by atoms with E-state index in [9.17, 15) is 40.1 Å². The van der Waals surface area contributed by atoms with Gasteiger partial charge < -0.3 is 0 Å². The number of aromatic nitrogens is 2. The highest BCUT2D eigenvalue weighted by Gasteiger charge is 2.32. The Hall–Kier alpha value is -3.01. The van der Waals surface area contributed by atoms with Crippen molar-refractivity contribution in [3.05, 3.63) is 44.8 Å². The molecule has 2 aromatic rings. The Morgan fingerprint density at radius 3 is 1.97 bits per heavy atom. The Balaban J connectivity index is 3.05. The molecule has 1 aromatic heterocycles. The molecule has 0 atom stereocenters. The molecule has 0 aliphatic rings. The van der Waals surface area contributed by atoms with Crippen LogP contribution in [-0.2, 0) is 20.0 Å². The van der Waals surface area contributed by atoms with Crippen molar-refractivity contribution in [1.82, 2.24) is 9.13 Å². The lowest BCUT2D eigenvalue weighted by Crippen LogP contribution is -2.35. The quantitative estimate of drug-likeness (QED) is 0.622. The molecule has 0 saturated carbocycles. The molecule has 0 spiro atoms. The molecule has 10 nitrogen and oxygen atoms in total. The van der Waals surface area contributed by atoms with Gasteiger partial charge in [0.2, 0.25) is 20.0 Å². The lowest BCUT2D eigenvalue weighted by atomic mass is 10.2. The standard InChI is InChI=1S/C14H9ClF3N5O5S2/c1-29(25,26)23(30(2,27)28)9-4-10(8(16)3-7(9)15)21-11(5-19)12(6-20)22(13(17)18)14(21)24/h3-4,13H,1-2H3. The molecule has 0 unspecified atom stereocenters. The van der Waals surface area contributed by atoms with Crippen molar-refractivity contribution in [2.45, 2.75) is 6.55 Å². The second kappa shape index (κ2) is 7.67. The highest BCUT2D eigenvalue weighted by molar-refractivity contribution is 8.09. The molecule has 2 rings (SSSR count). The van der Waals surface area contributed by atoms with E-state index in [1.165, 1.54) is 12.1 Å². The second-order valence-corrected chi connectivity index (χ2v) is 9.97. The number of benzene rings is 1. The van der Waals surface area contributed by atoms with E-state index in [2.05, 4.69) is 0 Å². The van der Waals surface area contributed by atoms with E-state index < -0.39 is 65.9 Å². The van der Waals surface area contributed by atoms with Crippen LogP contribution >= 0.6 is 11.6 Å². The van der Waals surface area contributed by atoms with Crippen LogP contribution in [0.25, 0.3) is 5.69 Å². The summed E-state index contributed by atoms with van der Waals surface area (Å²) in [6.07, 6.45) is 1.00. The van der Waals surface area contributed by atoms with E-state index >= 15 is 0 Å². The predicted molar refractivity (Wildman–Crippen MR) is 97.8 cm³/mol. The smallest absolute Gasteiger partial charge is 0.247 e. The number of alkyl halides is 2. The van der Waals surface area contributed by atoms with Gasteiger partial charge >= 0.3 is 12.2 Å². The molecule has 0 fully saturated rings. The SMILES string of the molecule is CS(=O)(=O)N(c1cc(-n2c(C#N)c(C#N)n(C(F)F)c2=O)c(F)cc1Cl)S(C)(=O)=O. The lowest BCUT2D eigenvalue weighted by Gasteiger charge is -2.22. The molecule has 1 aromatic carbocycles. The van der Waals surface area contributed by atoms with E-state index in [0.717, 1.165) is 0 Å². The van der Waals surface area contributed by atoms with Crippen molar-refractivity contribution in [2.75, 3.05) is 16.2 Å². The van der Waals surface area contributed by atoms with Gasteiger partial charge in [-0.2, -0.15) is 23.0 Å². The summed E-state index contributed by atoms with van der Waals surface area (Å²) in [5.41, 5.74) is -5.59. The van der Waals surface area contributed by atoms with Crippen LogP contribution < -0.4 is 9.40 Å². The van der Waals surface area contributed by atoms with E-state index in [0.29, 0.717) is 24.6 Å². The van der Waals surface area contributed by atoms with Gasteiger partial charge in [0.25, 0.3) is 0 Å². The number of hydrogen-bond acceptors (Lipinski definition) is 7. The maximum absolute atomic E-state index is 14.6. The fourth-order valence-electron chi connectivity index (χ4n) is 2.57. The minimum Gasteiger partial charge on any atom is -0.247 e. The van der Waals surface area contributed by atoms with Crippen molar-refractivity contribution in [3.63, 3.8) is 0 Å². The number of rotatable bonds is 5. The number of sulfonamides is 2. The third-order valence-electron chi connectivity index (χ3n) is 3.55. The molecular weight excluding hydrogens is 475 g/mol. The summed E-state index contributed by atoms with van der Waals surface area (Å²) in [5.74, 6) is -1.39. The Morgan fingerprint density at radius 1 is 1.07 bits per heavy atom. The maximum Gasteiger partial charge on any atom is 0.339 e. The number of nitrogens with zero attached hydrogens (tertiary/aromatic N) is 5. The summed E-state index contributed by atoms with van der Waals surface area (Å²) in [6, 6.07) is 3.45. The summed E-state index contributed by atoms with van der Waals surface area (Å²) in [5, 5.41) is 17.6. The van der Waals surface area contributed by atoms with Crippen LogP contribution in [0.1, 0.15) is 17.9 Å². The molecule has 1 heterocycles. The lowest BCUT2D eigenvalue weighted by molar-refractivity contribution is 0.0654. The van der Waals surface area contributed by atoms with Crippen LogP contribution in [0.4, 0.5) is 18.9 Å². The van der Waals surface area contributed by atoms with E-state index in [1.807, 2.05) is 0 Å². The highest BCUT2D eigenvalue weighted by atomic mass is 35.5. The molecule has 0 aliphatic carbocycles. The van der Waals surface area contributed by atoms with Crippen molar-refractivity contribution in [2.24, 2.45) is 0 Å². The summed E-state index contributed by atoms with van der Waals surface area (Å²) in [4.78, 5) is 12.4. The minimum atomic E-state index is -4.55.